The van der Waals surface area contributed by atoms with E-state index in [2.05, 4.69) is 4.98 Å². The molecule has 2 aromatic heterocycles. The molecule has 0 saturated carbocycles. The molecular formula is C13H10ClN3OS. The minimum absolute atomic E-state index is 0.0482. The predicted octanol–water partition coefficient (Wildman–Crippen LogP) is 2.74. The van der Waals surface area contributed by atoms with Gasteiger partial charge in [0.05, 0.1) is 18.4 Å². The molecule has 0 aliphatic carbocycles. The maximum Gasteiger partial charge on any atom is 0.271 e. The first-order valence-electron chi connectivity index (χ1n) is 5.62. The summed E-state index contributed by atoms with van der Waals surface area (Å²) in [6.07, 6.45) is 1.55. The summed E-state index contributed by atoms with van der Waals surface area (Å²) in [4.78, 5) is 16.5. The number of halogens is 1. The Morgan fingerprint density at radius 2 is 2.21 bits per heavy atom. The van der Waals surface area contributed by atoms with Gasteiger partial charge in [0.1, 0.15) is 4.70 Å². The molecule has 2 N–H and O–H groups in total. The second-order valence-electron chi connectivity index (χ2n) is 4.16. The summed E-state index contributed by atoms with van der Waals surface area (Å²) in [7, 11) is 0. The molecule has 0 spiro atoms. The summed E-state index contributed by atoms with van der Waals surface area (Å²) >= 11 is 7.51. The van der Waals surface area contributed by atoms with E-state index in [4.69, 9.17) is 17.3 Å². The summed E-state index contributed by atoms with van der Waals surface area (Å²) in [6, 6.07) is 7.10. The van der Waals surface area contributed by atoms with Gasteiger partial charge in [-0.3, -0.25) is 9.36 Å². The molecule has 0 fully saturated rings. The molecule has 1 aromatic carbocycles. The van der Waals surface area contributed by atoms with E-state index in [9.17, 15) is 4.79 Å². The van der Waals surface area contributed by atoms with Gasteiger partial charge in [-0.2, -0.15) is 0 Å². The van der Waals surface area contributed by atoms with Crippen LogP contribution in [-0.4, -0.2) is 9.55 Å². The van der Waals surface area contributed by atoms with Crippen LogP contribution < -0.4 is 11.3 Å². The van der Waals surface area contributed by atoms with Crippen molar-refractivity contribution in [1.82, 2.24) is 9.55 Å². The Bertz CT molecular complexity index is 809. The van der Waals surface area contributed by atoms with Crippen molar-refractivity contribution in [2.75, 3.05) is 5.73 Å². The van der Waals surface area contributed by atoms with Gasteiger partial charge in [-0.15, -0.1) is 11.3 Å². The highest BCUT2D eigenvalue weighted by Crippen LogP contribution is 2.20. The van der Waals surface area contributed by atoms with Crippen LogP contribution in [0.2, 0.25) is 5.02 Å². The Balaban J connectivity index is 2.05. The number of hydrogen-bond donors (Lipinski definition) is 1. The van der Waals surface area contributed by atoms with Crippen LogP contribution in [0.25, 0.3) is 10.2 Å². The molecule has 2 heterocycles. The Kier molecular flexibility index (Phi) is 3.00. The standard InChI is InChI=1S/C13H10ClN3OS/c14-10-5-9(15)2-1-8(10)6-17-7-16-11-3-4-19-12(11)13(17)18/h1-5,7H,6,15H2. The van der Waals surface area contributed by atoms with Gasteiger partial charge >= 0.3 is 0 Å². The highest BCUT2D eigenvalue weighted by atomic mass is 35.5. The minimum Gasteiger partial charge on any atom is -0.399 e. The normalized spacial score (nSPS) is 11.0. The maximum absolute atomic E-state index is 12.2. The number of anilines is 1. The molecule has 96 valence electrons. The van der Waals surface area contributed by atoms with Gasteiger partial charge in [0.25, 0.3) is 5.56 Å². The first kappa shape index (κ1) is 12.2. The van der Waals surface area contributed by atoms with Crippen molar-refractivity contribution in [2.45, 2.75) is 6.54 Å². The van der Waals surface area contributed by atoms with Crippen LogP contribution in [0.3, 0.4) is 0 Å². The third-order valence-electron chi connectivity index (χ3n) is 2.85. The second kappa shape index (κ2) is 4.68. The van der Waals surface area contributed by atoms with Crippen molar-refractivity contribution in [2.24, 2.45) is 0 Å². The zero-order chi connectivity index (χ0) is 13.4. The number of benzene rings is 1. The van der Waals surface area contributed by atoms with E-state index in [1.54, 1.807) is 23.0 Å². The van der Waals surface area contributed by atoms with Crippen LogP contribution in [0, 0.1) is 0 Å². The Morgan fingerprint density at radius 3 is 3.00 bits per heavy atom. The molecule has 0 radical (unpaired) electrons. The second-order valence-corrected chi connectivity index (χ2v) is 5.49. The molecule has 3 rings (SSSR count). The zero-order valence-corrected chi connectivity index (χ0v) is 11.4. The van der Waals surface area contributed by atoms with Crippen LogP contribution in [0.15, 0.2) is 40.8 Å². The summed E-state index contributed by atoms with van der Waals surface area (Å²) in [5.41, 5.74) is 7.78. The Morgan fingerprint density at radius 1 is 1.37 bits per heavy atom. The van der Waals surface area contributed by atoms with Gasteiger partial charge in [0.15, 0.2) is 0 Å². The topological polar surface area (TPSA) is 60.9 Å². The third-order valence-corrected chi connectivity index (χ3v) is 4.10. The van der Waals surface area contributed by atoms with E-state index in [1.165, 1.54) is 11.3 Å². The first-order valence-corrected chi connectivity index (χ1v) is 6.87. The van der Waals surface area contributed by atoms with Crippen LogP contribution in [0.4, 0.5) is 5.69 Å². The number of nitrogen functional groups attached to an aromatic ring is 1. The molecule has 3 aromatic rings. The number of fused-ring (bicyclic) bond motifs is 1. The SMILES string of the molecule is Nc1ccc(Cn2cnc3ccsc3c2=O)c(Cl)c1. The van der Waals surface area contributed by atoms with Crippen molar-refractivity contribution in [1.29, 1.82) is 0 Å². The van der Waals surface area contributed by atoms with Crippen molar-refractivity contribution in [3.05, 3.63) is 56.9 Å². The van der Waals surface area contributed by atoms with Crippen molar-refractivity contribution in [3.63, 3.8) is 0 Å². The quantitative estimate of drug-likeness (QED) is 0.739. The van der Waals surface area contributed by atoms with E-state index >= 15 is 0 Å². The lowest BCUT2D eigenvalue weighted by Gasteiger charge is -2.07. The molecule has 0 saturated heterocycles. The number of nitrogens with zero attached hydrogens (tertiary/aromatic N) is 2. The van der Waals surface area contributed by atoms with E-state index in [0.29, 0.717) is 22.0 Å². The van der Waals surface area contributed by atoms with Gasteiger partial charge < -0.3 is 5.73 Å². The maximum atomic E-state index is 12.2. The average molecular weight is 292 g/mol. The summed E-state index contributed by atoms with van der Waals surface area (Å²) in [6.45, 7) is 0.388. The first-order chi connectivity index (χ1) is 9.15. The molecule has 0 bridgehead atoms. The van der Waals surface area contributed by atoms with Crippen molar-refractivity contribution < 1.29 is 0 Å². The van der Waals surface area contributed by atoms with E-state index < -0.39 is 0 Å². The van der Waals surface area contributed by atoms with Crippen LogP contribution in [0.1, 0.15) is 5.56 Å². The van der Waals surface area contributed by atoms with Crippen LogP contribution in [0.5, 0.6) is 0 Å². The summed E-state index contributed by atoms with van der Waals surface area (Å²) < 4.78 is 2.21. The lowest BCUT2D eigenvalue weighted by Crippen LogP contribution is -2.20. The van der Waals surface area contributed by atoms with Crippen molar-refractivity contribution >= 4 is 38.8 Å². The number of hydrogen-bond acceptors (Lipinski definition) is 4. The minimum atomic E-state index is -0.0482. The molecule has 4 nitrogen and oxygen atoms in total. The predicted molar refractivity (Wildman–Crippen MR) is 78.8 cm³/mol. The molecule has 6 heteroatoms. The van der Waals surface area contributed by atoms with Crippen molar-refractivity contribution in [3.8, 4) is 0 Å². The Hall–Kier alpha value is -1.85. The largest absolute Gasteiger partial charge is 0.399 e. The fourth-order valence-electron chi connectivity index (χ4n) is 1.87. The number of nitrogens with two attached hydrogens (primary N) is 1. The summed E-state index contributed by atoms with van der Waals surface area (Å²) in [5.74, 6) is 0. The lowest BCUT2D eigenvalue weighted by atomic mass is 10.2. The van der Waals surface area contributed by atoms with Crippen LogP contribution in [-0.2, 0) is 6.54 Å². The highest BCUT2D eigenvalue weighted by molar-refractivity contribution is 7.17. The monoisotopic (exact) mass is 291 g/mol. The fourth-order valence-corrected chi connectivity index (χ4v) is 2.91. The molecule has 0 amide bonds. The lowest BCUT2D eigenvalue weighted by molar-refractivity contribution is 0.750. The number of aromatic nitrogens is 2. The summed E-state index contributed by atoms with van der Waals surface area (Å²) in [5, 5.41) is 2.41. The zero-order valence-electron chi connectivity index (χ0n) is 9.84. The third kappa shape index (κ3) is 2.22. The van der Waals surface area contributed by atoms with E-state index in [-0.39, 0.29) is 5.56 Å². The van der Waals surface area contributed by atoms with Gasteiger partial charge in [0.2, 0.25) is 0 Å². The van der Waals surface area contributed by atoms with Crippen LogP contribution >= 0.6 is 22.9 Å². The van der Waals surface area contributed by atoms with Gasteiger partial charge in [-0.25, -0.2) is 4.98 Å². The Labute approximate surface area is 118 Å². The van der Waals surface area contributed by atoms with Gasteiger partial charge in [0, 0.05) is 10.7 Å². The molecule has 0 unspecified atom stereocenters. The number of thiophene rings is 1. The molecular weight excluding hydrogens is 282 g/mol. The smallest absolute Gasteiger partial charge is 0.271 e. The van der Waals surface area contributed by atoms with Gasteiger partial charge in [-0.1, -0.05) is 17.7 Å². The average Bonchev–Trinajstić information content (AvgIpc) is 2.85. The molecule has 19 heavy (non-hydrogen) atoms. The molecule has 0 atom stereocenters. The molecule has 0 aliphatic rings. The number of rotatable bonds is 2. The fraction of sp³-hybridized carbons (Fsp3) is 0.0769. The molecule has 0 aliphatic heterocycles. The van der Waals surface area contributed by atoms with Gasteiger partial charge in [-0.05, 0) is 29.1 Å². The van der Waals surface area contributed by atoms with E-state index in [0.717, 1.165) is 11.1 Å². The van der Waals surface area contributed by atoms with E-state index in [1.807, 2.05) is 17.5 Å². The highest BCUT2D eigenvalue weighted by Gasteiger charge is 2.07.